The first-order valence-electron chi connectivity index (χ1n) is 8.32. The van der Waals surface area contributed by atoms with Crippen LogP contribution in [0.2, 0.25) is 0 Å². The Hall–Kier alpha value is -1.99. The van der Waals surface area contributed by atoms with Gasteiger partial charge in [0.15, 0.2) is 0 Å². The Morgan fingerprint density at radius 1 is 1.12 bits per heavy atom. The minimum atomic E-state index is -4.42. The topological polar surface area (TPSA) is 32.3 Å². The van der Waals surface area contributed by atoms with Gasteiger partial charge in [-0.25, -0.2) is 0 Å². The number of hydrogen-bond donors (Lipinski definition) is 1. The van der Waals surface area contributed by atoms with E-state index in [0.717, 1.165) is 19.5 Å². The second kappa shape index (κ2) is 8.14. The third-order valence-electron chi connectivity index (χ3n) is 4.21. The molecule has 0 bridgehead atoms. The lowest BCUT2D eigenvalue weighted by Gasteiger charge is -2.17. The van der Waals surface area contributed by atoms with Crippen molar-refractivity contribution in [2.45, 2.75) is 29.4 Å². The van der Waals surface area contributed by atoms with Gasteiger partial charge in [0.05, 0.1) is 5.56 Å². The van der Waals surface area contributed by atoms with Gasteiger partial charge in [-0.2, -0.15) is 13.2 Å². The molecule has 1 amide bonds. The highest BCUT2D eigenvalue weighted by Crippen LogP contribution is 2.38. The van der Waals surface area contributed by atoms with E-state index >= 15 is 0 Å². The van der Waals surface area contributed by atoms with Crippen molar-refractivity contribution in [3.05, 3.63) is 65.7 Å². The van der Waals surface area contributed by atoms with Gasteiger partial charge in [0.25, 0.3) is 5.91 Å². The molecule has 1 N–H and O–H groups in total. The first-order valence-corrected chi connectivity index (χ1v) is 9.14. The van der Waals surface area contributed by atoms with E-state index in [2.05, 4.69) is 22.3 Å². The summed E-state index contributed by atoms with van der Waals surface area (Å²) in [7, 11) is 0. The molecule has 0 aromatic heterocycles. The molecule has 7 heteroatoms. The van der Waals surface area contributed by atoms with E-state index in [1.54, 1.807) is 6.07 Å². The van der Waals surface area contributed by atoms with Gasteiger partial charge in [0.1, 0.15) is 0 Å². The first-order chi connectivity index (χ1) is 12.4. The fourth-order valence-corrected chi connectivity index (χ4v) is 3.73. The molecule has 1 aliphatic heterocycles. The van der Waals surface area contributed by atoms with Crippen molar-refractivity contribution >= 4 is 17.7 Å². The zero-order valence-corrected chi connectivity index (χ0v) is 14.8. The minimum absolute atomic E-state index is 0.0600. The molecule has 1 saturated heterocycles. The van der Waals surface area contributed by atoms with Crippen LogP contribution in [0.5, 0.6) is 0 Å². The number of benzene rings is 2. The van der Waals surface area contributed by atoms with Crippen molar-refractivity contribution in [3.8, 4) is 0 Å². The number of likely N-dealkylation sites (tertiary alicyclic amines) is 1. The largest absolute Gasteiger partial charge is 0.446 e. The monoisotopic (exact) mass is 380 g/mol. The minimum Gasteiger partial charge on any atom is -0.348 e. The number of rotatable bonds is 5. The number of carbonyl (C=O) groups excluding carboxylic acids is 1. The van der Waals surface area contributed by atoms with E-state index < -0.39 is 11.4 Å². The smallest absolute Gasteiger partial charge is 0.348 e. The maximum atomic E-state index is 12.7. The second-order valence-electron chi connectivity index (χ2n) is 6.22. The molecule has 0 radical (unpaired) electrons. The molecule has 0 aliphatic carbocycles. The zero-order chi connectivity index (χ0) is 18.6. The second-order valence-corrected chi connectivity index (χ2v) is 7.33. The van der Waals surface area contributed by atoms with Crippen LogP contribution in [0.4, 0.5) is 13.2 Å². The molecule has 3 nitrogen and oxygen atoms in total. The van der Waals surface area contributed by atoms with Crippen LogP contribution in [-0.2, 0) is 6.54 Å². The third-order valence-corrected chi connectivity index (χ3v) is 5.02. The van der Waals surface area contributed by atoms with Gasteiger partial charge in [-0.1, -0.05) is 42.5 Å². The molecule has 3 rings (SSSR count). The number of thioether (sulfide) groups is 1. The van der Waals surface area contributed by atoms with Crippen LogP contribution in [0.25, 0.3) is 0 Å². The molecule has 138 valence electrons. The van der Waals surface area contributed by atoms with Crippen LogP contribution in [-0.4, -0.2) is 35.4 Å². The van der Waals surface area contributed by atoms with Gasteiger partial charge in [-0.3, -0.25) is 9.69 Å². The van der Waals surface area contributed by atoms with Crippen molar-refractivity contribution in [3.63, 3.8) is 0 Å². The fourth-order valence-electron chi connectivity index (χ4n) is 3.07. The van der Waals surface area contributed by atoms with Crippen molar-refractivity contribution in [2.24, 2.45) is 0 Å². The van der Waals surface area contributed by atoms with Gasteiger partial charge in [0.2, 0.25) is 0 Å². The number of nitrogens with one attached hydrogen (secondary N) is 1. The highest BCUT2D eigenvalue weighted by atomic mass is 32.2. The Morgan fingerprint density at radius 3 is 2.54 bits per heavy atom. The van der Waals surface area contributed by atoms with Gasteiger partial charge in [0, 0.05) is 30.6 Å². The molecule has 1 unspecified atom stereocenters. The van der Waals surface area contributed by atoms with E-state index in [9.17, 15) is 18.0 Å². The summed E-state index contributed by atoms with van der Waals surface area (Å²) in [6.45, 7) is 2.34. The molecule has 1 atom stereocenters. The summed E-state index contributed by atoms with van der Waals surface area (Å²) >= 11 is -0.255. The molecule has 0 saturated carbocycles. The van der Waals surface area contributed by atoms with Gasteiger partial charge < -0.3 is 5.32 Å². The van der Waals surface area contributed by atoms with Gasteiger partial charge >= 0.3 is 5.51 Å². The van der Waals surface area contributed by atoms with E-state index in [1.165, 1.54) is 23.8 Å². The average Bonchev–Trinajstić information content (AvgIpc) is 3.01. The summed E-state index contributed by atoms with van der Waals surface area (Å²) in [6, 6.07) is 15.8. The Morgan fingerprint density at radius 2 is 1.81 bits per heavy atom. The molecule has 2 aromatic carbocycles. The SMILES string of the molecule is O=C(NC1CCN(Cc2ccccc2)C1)c1ccccc1SC(F)(F)F. The molecular formula is C19H19F3N2OS. The zero-order valence-electron chi connectivity index (χ0n) is 14.0. The Balaban J connectivity index is 1.59. The fraction of sp³-hybridized carbons (Fsp3) is 0.316. The number of carbonyl (C=O) groups is 1. The molecule has 0 spiro atoms. The molecule has 1 fully saturated rings. The van der Waals surface area contributed by atoms with Crippen LogP contribution in [0.3, 0.4) is 0 Å². The van der Waals surface area contributed by atoms with Crippen molar-refractivity contribution in [2.75, 3.05) is 13.1 Å². The number of nitrogens with zero attached hydrogens (tertiary/aromatic N) is 1. The predicted molar refractivity (Wildman–Crippen MR) is 95.9 cm³/mol. The van der Waals surface area contributed by atoms with Crippen molar-refractivity contribution in [1.29, 1.82) is 0 Å². The molecule has 1 heterocycles. The summed E-state index contributed by atoms with van der Waals surface area (Å²) in [5.41, 5.74) is -3.15. The predicted octanol–water partition coefficient (Wildman–Crippen LogP) is 4.30. The highest BCUT2D eigenvalue weighted by Gasteiger charge is 2.32. The lowest BCUT2D eigenvalue weighted by molar-refractivity contribution is -0.0328. The lowest BCUT2D eigenvalue weighted by Crippen LogP contribution is -2.37. The molecule has 2 aromatic rings. The normalized spacial score (nSPS) is 18.0. The van der Waals surface area contributed by atoms with Gasteiger partial charge in [-0.05, 0) is 35.9 Å². The molecule has 26 heavy (non-hydrogen) atoms. The van der Waals surface area contributed by atoms with Crippen LogP contribution in [0.15, 0.2) is 59.5 Å². The van der Waals surface area contributed by atoms with E-state index in [0.29, 0.717) is 6.54 Å². The number of alkyl halides is 3. The Bertz CT molecular complexity index is 752. The quantitative estimate of drug-likeness (QED) is 0.785. The van der Waals surface area contributed by atoms with Crippen LogP contribution in [0.1, 0.15) is 22.3 Å². The maximum Gasteiger partial charge on any atom is 0.446 e. The van der Waals surface area contributed by atoms with Crippen molar-refractivity contribution < 1.29 is 18.0 Å². The number of hydrogen-bond acceptors (Lipinski definition) is 3. The first kappa shape index (κ1) is 18.8. The summed E-state index contributed by atoms with van der Waals surface area (Å²) in [5.74, 6) is -0.455. The van der Waals surface area contributed by atoms with Crippen molar-refractivity contribution in [1.82, 2.24) is 10.2 Å². The van der Waals surface area contributed by atoms with Gasteiger partial charge in [-0.15, -0.1) is 0 Å². The maximum absolute atomic E-state index is 12.7. The summed E-state index contributed by atoms with van der Waals surface area (Å²) in [4.78, 5) is 14.6. The summed E-state index contributed by atoms with van der Waals surface area (Å²) in [6.07, 6.45) is 0.785. The Kier molecular flexibility index (Phi) is 5.88. The molecule has 1 aliphatic rings. The van der Waals surface area contributed by atoms with Crippen LogP contribution >= 0.6 is 11.8 Å². The van der Waals surface area contributed by atoms with Crippen LogP contribution < -0.4 is 5.32 Å². The summed E-state index contributed by atoms with van der Waals surface area (Å²) < 4.78 is 38.0. The Labute approximate surface area is 154 Å². The average molecular weight is 380 g/mol. The number of halogens is 3. The highest BCUT2D eigenvalue weighted by molar-refractivity contribution is 8.00. The van der Waals surface area contributed by atoms with E-state index in [-0.39, 0.29) is 28.3 Å². The van der Waals surface area contributed by atoms with E-state index in [4.69, 9.17) is 0 Å². The number of amides is 1. The van der Waals surface area contributed by atoms with E-state index in [1.807, 2.05) is 18.2 Å². The van der Waals surface area contributed by atoms with Crippen LogP contribution in [0, 0.1) is 0 Å². The summed E-state index contributed by atoms with van der Waals surface area (Å²) in [5, 5.41) is 2.88. The lowest BCUT2D eigenvalue weighted by atomic mass is 10.2. The standard InChI is InChI=1S/C19H19F3N2OS/c20-19(21,22)26-17-9-5-4-8-16(17)18(25)23-15-10-11-24(13-15)12-14-6-2-1-3-7-14/h1-9,15H,10-13H2,(H,23,25). The molecular weight excluding hydrogens is 361 g/mol. The third kappa shape index (κ3) is 5.25.